The van der Waals surface area contributed by atoms with E-state index < -0.39 is 0 Å². The number of nitriles is 1. The van der Waals surface area contributed by atoms with Crippen molar-refractivity contribution in [1.29, 1.82) is 5.26 Å². The first-order valence-electron chi connectivity index (χ1n) is 6.84. The quantitative estimate of drug-likeness (QED) is 0.905. The van der Waals surface area contributed by atoms with Crippen LogP contribution in [0.2, 0.25) is 0 Å². The largest absolute Gasteiger partial charge is 0.336 e. The maximum absolute atomic E-state index is 12.1. The zero-order chi connectivity index (χ0) is 13.7. The van der Waals surface area contributed by atoms with E-state index in [0.29, 0.717) is 11.5 Å². The van der Waals surface area contributed by atoms with Gasteiger partial charge in [0.05, 0.1) is 11.6 Å². The van der Waals surface area contributed by atoms with Crippen LogP contribution in [0.1, 0.15) is 48.2 Å². The number of rotatable bonds is 3. The predicted octanol–water partition coefficient (Wildman–Crippen LogP) is 2.59. The first-order valence-corrected chi connectivity index (χ1v) is 6.84. The number of carbonyl (C=O) groups is 1. The number of aromatic nitrogens is 1. The molecule has 1 aromatic rings. The number of nitrogens with one attached hydrogen (secondary N) is 1. The SMILES string of the molecule is Cc1ccc(C(=O)NC(C#N)C2CCCCC2)cn1. The molecule has 1 saturated carbocycles. The fourth-order valence-electron chi connectivity index (χ4n) is 2.55. The van der Waals surface area contributed by atoms with Crippen LogP contribution < -0.4 is 5.32 Å². The third-order valence-electron chi connectivity index (χ3n) is 3.72. The van der Waals surface area contributed by atoms with Gasteiger partial charge in [-0.15, -0.1) is 0 Å². The Balaban J connectivity index is 1.99. The van der Waals surface area contributed by atoms with E-state index in [4.69, 9.17) is 0 Å². The highest BCUT2D eigenvalue weighted by molar-refractivity contribution is 5.94. The Hall–Kier alpha value is -1.89. The maximum atomic E-state index is 12.1. The van der Waals surface area contributed by atoms with Crippen LogP contribution in [0.4, 0.5) is 0 Å². The molecule has 2 rings (SSSR count). The molecule has 4 nitrogen and oxygen atoms in total. The minimum absolute atomic E-state index is 0.204. The molecule has 0 saturated heterocycles. The Morgan fingerprint density at radius 2 is 2.16 bits per heavy atom. The van der Waals surface area contributed by atoms with E-state index in [9.17, 15) is 10.1 Å². The molecular weight excluding hydrogens is 238 g/mol. The highest BCUT2D eigenvalue weighted by Gasteiger charge is 2.25. The molecule has 1 heterocycles. The molecular formula is C15H19N3O. The number of pyridine rings is 1. The van der Waals surface area contributed by atoms with Gasteiger partial charge in [-0.2, -0.15) is 5.26 Å². The molecule has 1 N–H and O–H groups in total. The van der Waals surface area contributed by atoms with Crippen molar-refractivity contribution in [3.63, 3.8) is 0 Å². The number of carbonyl (C=O) groups excluding carboxylic acids is 1. The van der Waals surface area contributed by atoms with Gasteiger partial charge in [-0.25, -0.2) is 0 Å². The van der Waals surface area contributed by atoms with Crippen molar-refractivity contribution in [2.75, 3.05) is 0 Å². The van der Waals surface area contributed by atoms with Gasteiger partial charge in [-0.3, -0.25) is 9.78 Å². The molecule has 1 aliphatic carbocycles. The monoisotopic (exact) mass is 257 g/mol. The van der Waals surface area contributed by atoms with E-state index >= 15 is 0 Å². The van der Waals surface area contributed by atoms with Gasteiger partial charge in [0.15, 0.2) is 0 Å². The fourth-order valence-corrected chi connectivity index (χ4v) is 2.55. The topological polar surface area (TPSA) is 65.8 Å². The molecule has 100 valence electrons. The molecule has 0 spiro atoms. The molecule has 1 aliphatic rings. The van der Waals surface area contributed by atoms with Crippen LogP contribution in [-0.4, -0.2) is 16.9 Å². The summed E-state index contributed by atoms with van der Waals surface area (Å²) in [6.07, 6.45) is 7.18. The molecule has 0 aromatic carbocycles. The molecule has 1 unspecified atom stereocenters. The van der Waals surface area contributed by atoms with Crippen LogP contribution in [-0.2, 0) is 0 Å². The molecule has 4 heteroatoms. The number of nitrogens with zero attached hydrogens (tertiary/aromatic N) is 2. The summed E-state index contributed by atoms with van der Waals surface area (Å²) in [6.45, 7) is 1.88. The first kappa shape index (κ1) is 13.5. The van der Waals surface area contributed by atoms with E-state index in [0.717, 1.165) is 31.4 Å². The summed E-state index contributed by atoms with van der Waals surface area (Å²) in [6, 6.07) is 5.40. The summed E-state index contributed by atoms with van der Waals surface area (Å²) in [4.78, 5) is 16.2. The Labute approximate surface area is 113 Å². The summed E-state index contributed by atoms with van der Waals surface area (Å²) in [7, 11) is 0. The summed E-state index contributed by atoms with van der Waals surface area (Å²) in [5.41, 5.74) is 1.39. The lowest BCUT2D eigenvalue weighted by Gasteiger charge is -2.26. The van der Waals surface area contributed by atoms with E-state index in [1.54, 1.807) is 18.3 Å². The van der Waals surface area contributed by atoms with Crippen LogP contribution in [0, 0.1) is 24.2 Å². The lowest BCUT2D eigenvalue weighted by atomic mass is 9.84. The maximum Gasteiger partial charge on any atom is 0.253 e. The van der Waals surface area contributed by atoms with Gasteiger partial charge in [-0.1, -0.05) is 19.3 Å². The van der Waals surface area contributed by atoms with Crippen LogP contribution in [0.5, 0.6) is 0 Å². The van der Waals surface area contributed by atoms with Gasteiger partial charge in [-0.05, 0) is 37.8 Å². The Bertz CT molecular complexity index is 469. The zero-order valence-corrected chi connectivity index (χ0v) is 11.2. The number of aryl methyl sites for hydroxylation is 1. The van der Waals surface area contributed by atoms with Crippen LogP contribution in [0.25, 0.3) is 0 Å². The minimum Gasteiger partial charge on any atom is -0.336 e. The molecule has 1 aromatic heterocycles. The number of amides is 1. The van der Waals surface area contributed by atoms with Crippen molar-refractivity contribution in [3.05, 3.63) is 29.6 Å². The summed E-state index contributed by atoms with van der Waals surface area (Å²) >= 11 is 0. The van der Waals surface area contributed by atoms with Gasteiger partial charge in [0.25, 0.3) is 5.91 Å². The van der Waals surface area contributed by atoms with Crippen molar-refractivity contribution >= 4 is 5.91 Å². The third kappa shape index (κ3) is 3.54. The zero-order valence-electron chi connectivity index (χ0n) is 11.2. The van der Waals surface area contributed by atoms with Crippen LogP contribution in [0.15, 0.2) is 18.3 Å². The van der Waals surface area contributed by atoms with Gasteiger partial charge in [0.2, 0.25) is 0 Å². The lowest BCUT2D eigenvalue weighted by Crippen LogP contribution is -2.40. The van der Waals surface area contributed by atoms with Gasteiger partial charge in [0, 0.05) is 11.9 Å². The molecule has 0 radical (unpaired) electrons. The molecule has 0 aliphatic heterocycles. The Morgan fingerprint density at radius 3 is 2.74 bits per heavy atom. The highest BCUT2D eigenvalue weighted by Crippen LogP contribution is 2.26. The third-order valence-corrected chi connectivity index (χ3v) is 3.72. The second kappa shape index (κ2) is 6.33. The normalized spacial score (nSPS) is 17.5. The van der Waals surface area contributed by atoms with E-state index in [-0.39, 0.29) is 11.9 Å². The second-order valence-corrected chi connectivity index (χ2v) is 5.17. The summed E-state index contributed by atoms with van der Waals surface area (Å²) in [5.74, 6) is 0.0886. The van der Waals surface area contributed by atoms with Gasteiger partial charge < -0.3 is 5.32 Å². The second-order valence-electron chi connectivity index (χ2n) is 5.17. The van der Waals surface area contributed by atoms with E-state index in [1.807, 2.05) is 6.92 Å². The average molecular weight is 257 g/mol. The Kier molecular flexibility index (Phi) is 4.51. The number of hydrogen-bond acceptors (Lipinski definition) is 3. The predicted molar refractivity (Wildman–Crippen MR) is 72.4 cm³/mol. The van der Waals surface area contributed by atoms with Crippen LogP contribution >= 0.6 is 0 Å². The average Bonchev–Trinajstić information content (AvgIpc) is 2.46. The van der Waals surface area contributed by atoms with E-state index in [1.165, 1.54) is 6.42 Å². The summed E-state index contributed by atoms with van der Waals surface area (Å²) < 4.78 is 0. The van der Waals surface area contributed by atoms with Crippen molar-refractivity contribution in [2.45, 2.75) is 45.1 Å². The number of hydrogen-bond donors (Lipinski definition) is 1. The van der Waals surface area contributed by atoms with Crippen molar-refractivity contribution in [3.8, 4) is 6.07 Å². The fraction of sp³-hybridized carbons (Fsp3) is 0.533. The molecule has 19 heavy (non-hydrogen) atoms. The van der Waals surface area contributed by atoms with Crippen molar-refractivity contribution in [2.24, 2.45) is 5.92 Å². The summed E-state index contributed by atoms with van der Waals surface area (Å²) in [5, 5.41) is 12.1. The van der Waals surface area contributed by atoms with Crippen molar-refractivity contribution in [1.82, 2.24) is 10.3 Å². The standard InChI is InChI=1S/C15H19N3O/c1-11-7-8-13(10-17-11)15(19)18-14(9-16)12-5-3-2-4-6-12/h7-8,10,12,14H,2-6H2,1H3,(H,18,19). The van der Waals surface area contributed by atoms with Crippen LogP contribution in [0.3, 0.4) is 0 Å². The van der Waals surface area contributed by atoms with Gasteiger partial charge >= 0.3 is 0 Å². The Morgan fingerprint density at radius 1 is 1.42 bits per heavy atom. The lowest BCUT2D eigenvalue weighted by molar-refractivity contribution is 0.0928. The molecule has 1 atom stereocenters. The molecule has 1 amide bonds. The van der Waals surface area contributed by atoms with Crippen molar-refractivity contribution < 1.29 is 4.79 Å². The minimum atomic E-state index is -0.380. The van der Waals surface area contributed by atoms with E-state index in [2.05, 4.69) is 16.4 Å². The highest BCUT2D eigenvalue weighted by atomic mass is 16.1. The molecule has 1 fully saturated rings. The van der Waals surface area contributed by atoms with Gasteiger partial charge in [0.1, 0.15) is 6.04 Å². The smallest absolute Gasteiger partial charge is 0.253 e. The molecule has 0 bridgehead atoms. The first-order chi connectivity index (χ1) is 9.20.